The Morgan fingerprint density at radius 1 is 1.15 bits per heavy atom. The van der Waals surface area contributed by atoms with Crippen molar-refractivity contribution in [2.45, 2.75) is 13.5 Å². The van der Waals surface area contributed by atoms with E-state index in [4.69, 9.17) is 5.11 Å². The van der Waals surface area contributed by atoms with Crippen LogP contribution in [-0.4, -0.2) is 47.5 Å². The molecule has 1 N–H and O–H groups in total. The van der Waals surface area contributed by atoms with Crippen molar-refractivity contribution in [1.82, 2.24) is 9.80 Å². The van der Waals surface area contributed by atoms with Gasteiger partial charge in [0.15, 0.2) is 0 Å². The first kappa shape index (κ1) is 15.8. The minimum atomic E-state index is -0.970. The summed E-state index contributed by atoms with van der Waals surface area (Å²) in [5, 5.41) is 8.55. The molecular weight excluding hydrogens is 256 g/mol. The maximum Gasteiger partial charge on any atom is 0.328 e. The largest absolute Gasteiger partial charge is 0.478 e. The van der Waals surface area contributed by atoms with E-state index in [0.717, 1.165) is 17.2 Å². The van der Waals surface area contributed by atoms with E-state index < -0.39 is 5.97 Å². The summed E-state index contributed by atoms with van der Waals surface area (Å²) >= 11 is 0. The number of urea groups is 1. The van der Waals surface area contributed by atoms with Crippen molar-refractivity contribution in [2.24, 2.45) is 0 Å². The third-order valence-corrected chi connectivity index (χ3v) is 2.95. The highest BCUT2D eigenvalue weighted by Gasteiger charge is 2.12. The highest BCUT2D eigenvalue weighted by molar-refractivity contribution is 5.85. The van der Waals surface area contributed by atoms with Gasteiger partial charge >= 0.3 is 12.0 Å². The second kappa shape index (κ2) is 7.33. The van der Waals surface area contributed by atoms with E-state index in [2.05, 4.69) is 0 Å². The summed E-state index contributed by atoms with van der Waals surface area (Å²) in [7, 11) is 3.52. The Hall–Kier alpha value is -2.30. The fraction of sp³-hybridized carbons (Fsp3) is 0.333. The number of aliphatic carboxylic acids is 1. The van der Waals surface area contributed by atoms with Crippen LogP contribution in [-0.2, 0) is 11.3 Å². The summed E-state index contributed by atoms with van der Waals surface area (Å²) in [4.78, 5) is 25.6. The topological polar surface area (TPSA) is 60.9 Å². The lowest BCUT2D eigenvalue weighted by atomic mass is 10.1. The number of hydrogen-bond acceptors (Lipinski definition) is 2. The molecule has 2 amide bonds. The average molecular weight is 276 g/mol. The molecule has 0 atom stereocenters. The van der Waals surface area contributed by atoms with Crippen molar-refractivity contribution in [3.63, 3.8) is 0 Å². The maximum atomic E-state index is 11.9. The van der Waals surface area contributed by atoms with Crippen LogP contribution in [0.1, 0.15) is 18.1 Å². The van der Waals surface area contributed by atoms with Crippen LogP contribution in [0, 0.1) is 0 Å². The van der Waals surface area contributed by atoms with Crippen LogP contribution >= 0.6 is 0 Å². The Morgan fingerprint density at radius 3 is 2.25 bits per heavy atom. The van der Waals surface area contributed by atoms with Gasteiger partial charge in [0.05, 0.1) is 0 Å². The molecule has 20 heavy (non-hydrogen) atoms. The van der Waals surface area contributed by atoms with Gasteiger partial charge in [-0.1, -0.05) is 24.3 Å². The molecule has 108 valence electrons. The predicted molar refractivity (Wildman–Crippen MR) is 78.3 cm³/mol. The summed E-state index contributed by atoms with van der Waals surface area (Å²) in [6.45, 7) is 3.11. The summed E-state index contributed by atoms with van der Waals surface area (Å²) < 4.78 is 0. The monoisotopic (exact) mass is 276 g/mol. The molecule has 0 radical (unpaired) electrons. The lowest BCUT2D eigenvalue weighted by Gasteiger charge is -2.23. The van der Waals surface area contributed by atoms with Gasteiger partial charge in [0, 0.05) is 33.3 Å². The quantitative estimate of drug-likeness (QED) is 0.839. The first-order chi connectivity index (χ1) is 9.43. The molecule has 5 heteroatoms. The Morgan fingerprint density at radius 2 is 1.75 bits per heavy atom. The van der Waals surface area contributed by atoms with Gasteiger partial charge in [-0.15, -0.1) is 0 Å². The second-order valence-corrected chi connectivity index (χ2v) is 4.57. The van der Waals surface area contributed by atoms with Crippen LogP contribution in [0.25, 0.3) is 6.08 Å². The van der Waals surface area contributed by atoms with Gasteiger partial charge in [0.2, 0.25) is 0 Å². The molecule has 0 aliphatic rings. The van der Waals surface area contributed by atoms with Crippen LogP contribution in [0.15, 0.2) is 30.3 Å². The van der Waals surface area contributed by atoms with Gasteiger partial charge in [0.25, 0.3) is 0 Å². The second-order valence-electron chi connectivity index (χ2n) is 4.57. The Kier molecular flexibility index (Phi) is 5.77. The van der Waals surface area contributed by atoms with Crippen molar-refractivity contribution in [1.29, 1.82) is 0 Å². The lowest BCUT2D eigenvalue weighted by molar-refractivity contribution is -0.131. The van der Waals surface area contributed by atoms with E-state index in [9.17, 15) is 9.59 Å². The number of benzene rings is 1. The Bertz CT molecular complexity index is 494. The van der Waals surface area contributed by atoms with Gasteiger partial charge < -0.3 is 14.9 Å². The molecule has 1 rings (SSSR count). The molecule has 1 aromatic rings. The molecule has 5 nitrogen and oxygen atoms in total. The summed E-state index contributed by atoms with van der Waals surface area (Å²) in [6, 6.07) is 7.41. The number of amides is 2. The molecule has 0 unspecified atom stereocenters. The predicted octanol–water partition coefficient (Wildman–Crippen LogP) is 2.29. The lowest BCUT2D eigenvalue weighted by Crippen LogP contribution is -2.38. The molecule has 0 bridgehead atoms. The van der Waals surface area contributed by atoms with Gasteiger partial charge in [-0.2, -0.15) is 0 Å². The highest BCUT2D eigenvalue weighted by Crippen LogP contribution is 2.09. The first-order valence-corrected chi connectivity index (χ1v) is 6.40. The fourth-order valence-electron chi connectivity index (χ4n) is 1.67. The number of carboxylic acid groups (broad SMARTS) is 1. The fourth-order valence-corrected chi connectivity index (χ4v) is 1.67. The zero-order chi connectivity index (χ0) is 15.1. The smallest absolute Gasteiger partial charge is 0.328 e. The van der Waals surface area contributed by atoms with Crippen molar-refractivity contribution >= 4 is 18.1 Å². The molecule has 1 aromatic carbocycles. The van der Waals surface area contributed by atoms with E-state index in [0.29, 0.717) is 13.1 Å². The van der Waals surface area contributed by atoms with E-state index in [1.807, 2.05) is 31.2 Å². The summed E-state index contributed by atoms with van der Waals surface area (Å²) in [5.74, 6) is -0.970. The van der Waals surface area contributed by atoms with Gasteiger partial charge in [-0.3, -0.25) is 0 Å². The molecule has 0 spiro atoms. The van der Waals surface area contributed by atoms with Crippen molar-refractivity contribution in [3.05, 3.63) is 41.5 Å². The van der Waals surface area contributed by atoms with Gasteiger partial charge in [-0.25, -0.2) is 9.59 Å². The molecule has 0 aliphatic carbocycles. The van der Waals surface area contributed by atoms with Crippen LogP contribution in [0.3, 0.4) is 0 Å². The van der Waals surface area contributed by atoms with Crippen molar-refractivity contribution < 1.29 is 14.7 Å². The molecule has 0 fully saturated rings. The molecule has 0 saturated carbocycles. The highest BCUT2D eigenvalue weighted by atomic mass is 16.4. The van der Waals surface area contributed by atoms with E-state index >= 15 is 0 Å². The normalized spacial score (nSPS) is 10.6. The standard InChI is InChI=1S/C15H20N2O3/c1-4-16(2)15(20)17(3)11-13-7-5-12(6-8-13)9-10-14(18)19/h5-10H,4,11H2,1-3H3,(H,18,19). The third kappa shape index (κ3) is 4.76. The molecule has 0 aliphatic heterocycles. The van der Waals surface area contributed by atoms with Crippen molar-refractivity contribution in [3.8, 4) is 0 Å². The summed E-state index contributed by atoms with van der Waals surface area (Å²) in [5.41, 5.74) is 1.81. The van der Waals surface area contributed by atoms with Crippen molar-refractivity contribution in [2.75, 3.05) is 20.6 Å². The number of hydrogen-bond donors (Lipinski definition) is 1. The van der Waals surface area contributed by atoms with E-state index in [1.54, 1.807) is 23.9 Å². The molecule has 0 aromatic heterocycles. The van der Waals surface area contributed by atoms with E-state index in [1.165, 1.54) is 6.08 Å². The van der Waals surface area contributed by atoms with Crippen LogP contribution in [0.5, 0.6) is 0 Å². The molecule has 0 saturated heterocycles. The summed E-state index contributed by atoms with van der Waals surface area (Å²) in [6.07, 6.45) is 2.63. The zero-order valence-electron chi connectivity index (χ0n) is 12.0. The van der Waals surface area contributed by atoms with E-state index in [-0.39, 0.29) is 6.03 Å². The van der Waals surface area contributed by atoms with Gasteiger partial charge in [0.1, 0.15) is 0 Å². The third-order valence-electron chi connectivity index (χ3n) is 2.95. The average Bonchev–Trinajstić information content (AvgIpc) is 2.44. The number of carbonyl (C=O) groups excluding carboxylic acids is 1. The SMILES string of the molecule is CCN(C)C(=O)N(C)Cc1ccc(C=CC(=O)O)cc1. The number of nitrogens with zero attached hydrogens (tertiary/aromatic N) is 2. The number of carboxylic acids is 1. The minimum absolute atomic E-state index is 0.0256. The minimum Gasteiger partial charge on any atom is -0.478 e. The number of rotatable bonds is 5. The first-order valence-electron chi connectivity index (χ1n) is 6.40. The van der Waals surface area contributed by atoms with Crippen LogP contribution in [0.4, 0.5) is 4.79 Å². The Balaban J connectivity index is 2.65. The zero-order valence-corrected chi connectivity index (χ0v) is 12.0. The van der Waals surface area contributed by atoms with Crippen LogP contribution in [0.2, 0.25) is 0 Å². The van der Waals surface area contributed by atoms with Crippen LogP contribution < -0.4 is 0 Å². The maximum absolute atomic E-state index is 11.9. The molecular formula is C15H20N2O3. The number of carbonyl (C=O) groups is 2. The Labute approximate surface area is 119 Å². The van der Waals surface area contributed by atoms with Gasteiger partial charge in [-0.05, 0) is 24.1 Å². The molecule has 0 heterocycles.